The topological polar surface area (TPSA) is 68.0 Å². The van der Waals surface area contributed by atoms with Crippen LogP contribution in [0.3, 0.4) is 0 Å². The van der Waals surface area contributed by atoms with Crippen LogP contribution in [0.25, 0.3) is 0 Å². The van der Waals surface area contributed by atoms with Gasteiger partial charge in [-0.2, -0.15) is 0 Å². The molecule has 1 aromatic carbocycles. The maximum atomic E-state index is 11.9. The van der Waals surface area contributed by atoms with Gasteiger partial charge in [0.25, 0.3) is 5.91 Å². The Morgan fingerprint density at radius 3 is 2.83 bits per heavy atom. The summed E-state index contributed by atoms with van der Waals surface area (Å²) in [4.78, 5) is 16.1. The molecule has 0 bridgehead atoms. The fourth-order valence-corrected chi connectivity index (χ4v) is 1.72. The highest BCUT2D eigenvalue weighted by Crippen LogP contribution is 2.11. The lowest BCUT2D eigenvalue weighted by Gasteiger charge is -2.06. The van der Waals surface area contributed by atoms with E-state index >= 15 is 0 Å². The van der Waals surface area contributed by atoms with Gasteiger partial charge in [-0.3, -0.25) is 9.78 Å². The number of hydrogen-bond donors (Lipinski definition) is 2. The zero-order chi connectivity index (χ0) is 13.0. The first kappa shape index (κ1) is 12.1. The van der Waals surface area contributed by atoms with Crippen LogP contribution in [0.15, 0.2) is 42.6 Å². The number of carbonyl (C=O) groups is 1. The molecule has 1 aromatic heterocycles. The van der Waals surface area contributed by atoms with Crippen molar-refractivity contribution in [2.45, 2.75) is 13.5 Å². The summed E-state index contributed by atoms with van der Waals surface area (Å²) in [7, 11) is 0. The predicted molar refractivity (Wildman–Crippen MR) is 71.0 cm³/mol. The van der Waals surface area contributed by atoms with Crippen molar-refractivity contribution in [2.75, 3.05) is 5.73 Å². The molecule has 0 unspecified atom stereocenters. The Balaban J connectivity index is 2.04. The van der Waals surface area contributed by atoms with Crippen molar-refractivity contribution in [1.29, 1.82) is 0 Å². The zero-order valence-electron chi connectivity index (χ0n) is 10.2. The second-order valence-corrected chi connectivity index (χ2v) is 4.14. The lowest BCUT2D eigenvalue weighted by Crippen LogP contribution is -2.23. The molecule has 0 aliphatic rings. The smallest absolute Gasteiger partial charge is 0.251 e. The Morgan fingerprint density at radius 1 is 1.33 bits per heavy atom. The average molecular weight is 241 g/mol. The summed E-state index contributed by atoms with van der Waals surface area (Å²) in [6.45, 7) is 2.32. The third-order valence-corrected chi connectivity index (χ3v) is 2.52. The second kappa shape index (κ2) is 5.31. The van der Waals surface area contributed by atoms with E-state index in [0.29, 0.717) is 17.8 Å². The number of nitrogens with two attached hydrogens (primary N) is 1. The van der Waals surface area contributed by atoms with E-state index in [0.717, 1.165) is 11.3 Å². The molecule has 4 nitrogen and oxygen atoms in total. The lowest BCUT2D eigenvalue weighted by atomic mass is 10.1. The van der Waals surface area contributed by atoms with E-state index < -0.39 is 0 Å². The van der Waals surface area contributed by atoms with Crippen molar-refractivity contribution in [3.63, 3.8) is 0 Å². The number of anilines is 1. The van der Waals surface area contributed by atoms with Crippen molar-refractivity contribution in [3.8, 4) is 0 Å². The van der Waals surface area contributed by atoms with Crippen LogP contribution in [0.2, 0.25) is 0 Å². The third-order valence-electron chi connectivity index (χ3n) is 2.52. The molecule has 4 heteroatoms. The van der Waals surface area contributed by atoms with Gasteiger partial charge in [-0.15, -0.1) is 0 Å². The van der Waals surface area contributed by atoms with Gasteiger partial charge in [0.05, 0.1) is 12.2 Å². The number of aromatic nitrogens is 1. The maximum absolute atomic E-state index is 11.9. The van der Waals surface area contributed by atoms with Gasteiger partial charge < -0.3 is 11.1 Å². The molecule has 2 rings (SSSR count). The van der Waals surface area contributed by atoms with Crippen LogP contribution in [-0.2, 0) is 6.54 Å². The van der Waals surface area contributed by atoms with Gasteiger partial charge in [-0.1, -0.05) is 6.07 Å². The second-order valence-electron chi connectivity index (χ2n) is 4.14. The van der Waals surface area contributed by atoms with Crippen LogP contribution in [0.1, 0.15) is 21.6 Å². The van der Waals surface area contributed by atoms with Gasteiger partial charge >= 0.3 is 0 Å². The molecule has 2 aromatic rings. The molecule has 18 heavy (non-hydrogen) atoms. The number of aryl methyl sites for hydroxylation is 1. The van der Waals surface area contributed by atoms with E-state index in [9.17, 15) is 4.79 Å². The standard InChI is InChI=1S/C14H15N3O/c1-10-6-11(8-12(15)7-10)14(18)17-9-13-4-2-3-5-16-13/h2-8H,9,15H2,1H3,(H,17,18). The number of nitrogen functional groups attached to an aromatic ring is 1. The summed E-state index contributed by atoms with van der Waals surface area (Å²) in [6.07, 6.45) is 1.70. The predicted octanol–water partition coefficient (Wildman–Crippen LogP) is 1.90. The molecule has 3 N–H and O–H groups in total. The Kier molecular flexibility index (Phi) is 3.57. The Labute approximate surface area is 106 Å². The summed E-state index contributed by atoms with van der Waals surface area (Å²) in [5.74, 6) is -0.143. The molecule has 1 heterocycles. The molecular weight excluding hydrogens is 226 g/mol. The minimum absolute atomic E-state index is 0.143. The van der Waals surface area contributed by atoms with Crippen molar-refractivity contribution in [2.24, 2.45) is 0 Å². The van der Waals surface area contributed by atoms with Gasteiger partial charge in [0.1, 0.15) is 0 Å². The largest absolute Gasteiger partial charge is 0.399 e. The van der Waals surface area contributed by atoms with E-state index in [2.05, 4.69) is 10.3 Å². The van der Waals surface area contributed by atoms with Crippen molar-refractivity contribution >= 4 is 11.6 Å². The van der Waals surface area contributed by atoms with Gasteiger partial charge in [0.15, 0.2) is 0 Å². The fraction of sp³-hybridized carbons (Fsp3) is 0.143. The normalized spacial score (nSPS) is 10.1. The van der Waals surface area contributed by atoms with E-state index in [4.69, 9.17) is 5.73 Å². The van der Waals surface area contributed by atoms with Crippen LogP contribution < -0.4 is 11.1 Å². The van der Waals surface area contributed by atoms with Crippen molar-refractivity contribution in [1.82, 2.24) is 10.3 Å². The first-order chi connectivity index (χ1) is 8.65. The van der Waals surface area contributed by atoms with Crippen LogP contribution >= 0.6 is 0 Å². The first-order valence-electron chi connectivity index (χ1n) is 5.70. The maximum Gasteiger partial charge on any atom is 0.251 e. The quantitative estimate of drug-likeness (QED) is 0.806. The minimum atomic E-state index is -0.143. The summed E-state index contributed by atoms with van der Waals surface area (Å²) >= 11 is 0. The zero-order valence-corrected chi connectivity index (χ0v) is 10.2. The molecule has 0 fully saturated rings. The van der Waals surface area contributed by atoms with Crippen molar-refractivity contribution < 1.29 is 4.79 Å². The van der Waals surface area contributed by atoms with Gasteiger partial charge in [-0.05, 0) is 42.8 Å². The molecule has 0 atom stereocenters. The van der Waals surface area contributed by atoms with E-state index in [1.54, 1.807) is 12.3 Å². The number of carbonyl (C=O) groups excluding carboxylic acids is 1. The fourth-order valence-electron chi connectivity index (χ4n) is 1.72. The molecule has 0 radical (unpaired) electrons. The van der Waals surface area contributed by atoms with Gasteiger partial charge in [0.2, 0.25) is 0 Å². The Morgan fingerprint density at radius 2 is 2.17 bits per heavy atom. The van der Waals surface area contributed by atoms with Gasteiger partial charge in [-0.25, -0.2) is 0 Å². The Bertz CT molecular complexity index is 532. The first-order valence-corrected chi connectivity index (χ1v) is 5.70. The number of nitrogens with zero attached hydrogens (tertiary/aromatic N) is 1. The molecular formula is C14H15N3O. The van der Waals surface area contributed by atoms with Crippen LogP contribution in [0.5, 0.6) is 0 Å². The number of pyridine rings is 1. The number of amides is 1. The molecule has 0 aliphatic heterocycles. The summed E-state index contributed by atoms with van der Waals surface area (Å²) in [5.41, 5.74) is 8.68. The van der Waals surface area contributed by atoms with Crippen LogP contribution in [-0.4, -0.2) is 10.9 Å². The molecule has 0 aliphatic carbocycles. The highest BCUT2D eigenvalue weighted by Gasteiger charge is 2.06. The Hall–Kier alpha value is -2.36. The highest BCUT2D eigenvalue weighted by atomic mass is 16.1. The molecule has 0 saturated carbocycles. The summed E-state index contributed by atoms with van der Waals surface area (Å²) < 4.78 is 0. The third kappa shape index (κ3) is 3.07. The molecule has 0 spiro atoms. The van der Waals surface area contributed by atoms with E-state index in [-0.39, 0.29) is 5.91 Å². The van der Waals surface area contributed by atoms with Gasteiger partial charge in [0, 0.05) is 17.4 Å². The van der Waals surface area contributed by atoms with E-state index in [1.165, 1.54) is 0 Å². The number of benzene rings is 1. The van der Waals surface area contributed by atoms with Crippen molar-refractivity contribution in [3.05, 3.63) is 59.4 Å². The number of nitrogens with one attached hydrogen (secondary N) is 1. The summed E-state index contributed by atoms with van der Waals surface area (Å²) in [5, 5.41) is 2.81. The SMILES string of the molecule is Cc1cc(N)cc(C(=O)NCc2ccccn2)c1. The van der Waals surface area contributed by atoms with Crippen LogP contribution in [0.4, 0.5) is 5.69 Å². The average Bonchev–Trinajstić information content (AvgIpc) is 2.36. The van der Waals surface area contributed by atoms with Crippen LogP contribution in [0, 0.1) is 6.92 Å². The molecule has 0 saturated heterocycles. The lowest BCUT2D eigenvalue weighted by molar-refractivity contribution is 0.0950. The number of rotatable bonds is 3. The number of hydrogen-bond acceptors (Lipinski definition) is 3. The molecule has 92 valence electrons. The monoisotopic (exact) mass is 241 g/mol. The minimum Gasteiger partial charge on any atom is -0.399 e. The highest BCUT2D eigenvalue weighted by molar-refractivity contribution is 5.95. The summed E-state index contributed by atoms with van der Waals surface area (Å²) in [6, 6.07) is 10.9. The van der Waals surface area contributed by atoms with E-state index in [1.807, 2.05) is 37.3 Å². The molecule has 1 amide bonds.